The number of hydrogen-bond donors (Lipinski definition) is 0. The Morgan fingerprint density at radius 3 is 2.77 bits per heavy atom. The number of likely N-dealkylation sites (tertiary alicyclic amines) is 1. The van der Waals surface area contributed by atoms with Gasteiger partial charge in [-0.3, -0.25) is 9.69 Å². The molecule has 1 atom stereocenters. The van der Waals surface area contributed by atoms with E-state index in [-0.39, 0.29) is 5.54 Å². The van der Waals surface area contributed by atoms with E-state index in [1.165, 1.54) is 23.1 Å². The molecule has 0 N–H and O–H groups in total. The highest BCUT2D eigenvalue weighted by Gasteiger charge is 2.47. The summed E-state index contributed by atoms with van der Waals surface area (Å²) in [7, 11) is 0. The second-order valence-corrected chi connectivity index (χ2v) is 7.77. The standard InChI is InChI=1S/C24H31NO/c1-4-5-12-22-20(3)13-16-24(23(22)26)15-8-9-17-25(24)18-14-21-11-7-6-10-19(21)2/h4-7,10-12H,1,8-9,13-18H2,2-3H3/b12-5-. The summed E-state index contributed by atoms with van der Waals surface area (Å²) in [6.07, 6.45) is 12.0. The van der Waals surface area contributed by atoms with Crippen LogP contribution < -0.4 is 0 Å². The van der Waals surface area contributed by atoms with Crippen molar-refractivity contribution in [2.24, 2.45) is 0 Å². The number of allylic oxidation sites excluding steroid dienone is 4. The van der Waals surface area contributed by atoms with Crippen LogP contribution in [0.1, 0.15) is 50.2 Å². The maximum absolute atomic E-state index is 13.5. The SMILES string of the molecule is C=C/C=C\C1=C(C)CCC2(CCCCN2CCc2ccccc2C)C1=O. The van der Waals surface area contributed by atoms with E-state index in [1.807, 2.05) is 12.2 Å². The van der Waals surface area contributed by atoms with Crippen LogP contribution in [-0.4, -0.2) is 29.3 Å². The lowest BCUT2D eigenvalue weighted by Gasteiger charge is -2.48. The normalized spacial score (nSPS) is 24.6. The number of rotatable bonds is 5. The van der Waals surface area contributed by atoms with Crippen molar-refractivity contribution in [3.63, 3.8) is 0 Å². The first-order valence-corrected chi connectivity index (χ1v) is 9.92. The lowest BCUT2D eigenvalue weighted by molar-refractivity contribution is -0.131. The molecule has 1 aliphatic carbocycles. The molecule has 0 radical (unpaired) electrons. The number of aryl methyl sites for hydroxylation is 1. The number of ketones is 1. The monoisotopic (exact) mass is 349 g/mol. The number of carbonyl (C=O) groups excluding carboxylic acids is 1. The fraction of sp³-hybridized carbons (Fsp3) is 0.458. The second kappa shape index (κ2) is 8.18. The van der Waals surface area contributed by atoms with Gasteiger partial charge in [0, 0.05) is 12.1 Å². The molecule has 1 spiro atoms. The van der Waals surface area contributed by atoms with E-state index in [2.05, 4.69) is 49.6 Å². The molecule has 0 aromatic heterocycles. The second-order valence-electron chi connectivity index (χ2n) is 7.77. The van der Waals surface area contributed by atoms with E-state index in [1.54, 1.807) is 6.08 Å². The lowest BCUT2D eigenvalue weighted by atomic mass is 9.71. The first-order chi connectivity index (χ1) is 12.6. The highest BCUT2D eigenvalue weighted by atomic mass is 16.1. The average molecular weight is 350 g/mol. The van der Waals surface area contributed by atoms with Crippen LogP contribution in [0.3, 0.4) is 0 Å². The third-order valence-corrected chi connectivity index (χ3v) is 6.23. The summed E-state index contributed by atoms with van der Waals surface area (Å²) >= 11 is 0. The van der Waals surface area contributed by atoms with Crippen molar-refractivity contribution in [3.05, 3.63) is 71.3 Å². The van der Waals surface area contributed by atoms with Gasteiger partial charge in [0.15, 0.2) is 5.78 Å². The summed E-state index contributed by atoms with van der Waals surface area (Å²) < 4.78 is 0. The number of benzene rings is 1. The Kier molecular flexibility index (Phi) is 5.93. The van der Waals surface area contributed by atoms with Gasteiger partial charge in [-0.15, -0.1) is 0 Å². The zero-order valence-electron chi connectivity index (χ0n) is 16.3. The first-order valence-electron chi connectivity index (χ1n) is 9.92. The predicted molar refractivity (Wildman–Crippen MR) is 109 cm³/mol. The number of carbonyl (C=O) groups is 1. The van der Waals surface area contributed by atoms with Crippen LogP contribution in [0.5, 0.6) is 0 Å². The van der Waals surface area contributed by atoms with E-state index in [4.69, 9.17) is 0 Å². The number of piperidine rings is 1. The molecule has 0 bridgehead atoms. The fourth-order valence-corrected chi connectivity index (χ4v) is 4.57. The molecule has 1 unspecified atom stereocenters. The van der Waals surface area contributed by atoms with Gasteiger partial charge in [0.25, 0.3) is 0 Å². The van der Waals surface area contributed by atoms with Crippen molar-refractivity contribution >= 4 is 5.78 Å². The molecule has 1 aromatic rings. The van der Waals surface area contributed by atoms with Gasteiger partial charge >= 0.3 is 0 Å². The Labute approximate surface area is 158 Å². The number of hydrogen-bond acceptors (Lipinski definition) is 2. The molecular formula is C24H31NO. The Hall–Kier alpha value is -1.93. The Morgan fingerprint density at radius 1 is 1.19 bits per heavy atom. The van der Waals surface area contributed by atoms with E-state index in [9.17, 15) is 4.79 Å². The molecule has 3 rings (SSSR count). The van der Waals surface area contributed by atoms with E-state index in [0.29, 0.717) is 5.78 Å². The maximum atomic E-state index is 13.5. The minimum absolute atomic E-state index is 0.290. The molecule has 1 saturated heterocycles. The molecule has 26 heavy (non-hydrogen) atoms. The quantitative estimate of drug-likeness (QED) is 0.682. The predicted octanol–water partition coefficient (Wildman–Crippen LogP) is 5.18. The molecule has 0 saturated carbocycles. The molecular weight excluding hydrogens is 318 g/mol. The summed E-state index contributed by atoms with van der Waals surface area (Å²) in [6, 6.07) is 8.61. The zero-order valence-corrected chi connectivity index (χ0v) is 16.3. The first kappa shape index (κ1) is 18.8. The van der Waals surface area contributed by atoms with Gasteiger partial charge in [0.1, 0.15) is 0 Å². The van der Waals surface area contributed by atoms with E-state index >= 15 is 0 Å². The minimum atomic E-state index is -0.290. The Balaban J connectivity index is 1.84. The summed E-state index contributed by atoms with van der Waals surface area (Å²) in [5, 5.41) is 0. The average Bonchev–Trinajstić information content (AvgIpc) is 2.65. The van der Waals surface area contributed by atoms with Gasteiger partial charge in [-0.1, -0.05) is 54.6 Å². The Bertz CT molecular complexity index is 742. The van der Waals surface area contributed by atoms with Crippen molar-refractivity contribution < 1.29 is 4.79 Å². The summed E-state index contributed by atoms with van der Waals surface area (Å²) in [6.45, 7) is 10.0. The molecule has 0 amide bonds. The van der Waals surface area contributed by atoms with Crippen molar-refractivity contribution in [2.75, 3.05) is 13.1 Å². The summed E-state index contributed by atoms with van der Waals surface area (Å²) in [5.41, 5.74) is 4.59. The fourth-order valence-electron chi connectivity index (χ4n) is 4.57. The molecule has 1 heterocycles. The number of nitrogens with zero attached hydrogens (tertiary/aromatic N) is 1. The molecule has 1 aliphatic heterocycles. The maximum Gasteiger partial charge on any atom is 0.183 e. The zero-order chi connectivity index (χ0) is 18.6. The van der Waals surface area contributed by atoms with E-state index in [0.717, 1.165) is 50.8 Å². The molecule has 1 aromatic carbocycles. The van der Waals surface area contributed by atoms with Crippen LogP contribution >= 0.6 is 0 Å². The van der Waals surface area contributed by atoms with Crippen LogP contribution in [0, 0.1) is 6.92 Å². The van der Waals surface area contributed by atoms with Gasteiger partial charge in [-0.2, -0.15) is 0 Å². The lowest BCUT2D eigenvalue weighted by Crippen LogP contribution is -2.59. The summed E-state index contributed by atoms with van der Waals surface area (Å²) in [5.74, 6) is 0.337. The van der Waals surface area contributed by atoms with E-state index < -0.39 is 0 Å². The van der Waals surface area contributed by atoms with Crippen LogP contribution in [-0.2, 0) is 11.2 Å². The minimum Gasteiger partial charge on any atom is -0.292 e. The van der Waals surface area contributed by atoms with Crippen molar-refractivity contribution in [2.45, 2.75) is 57.9 Å². The highest BCUT2D eigenvalue weighted by Crippen LogP contribution is 2.41. The van der Waals surface area contributed by atoms with Gasteiger partial charge in [-0.05, 0) is 70.0 Å². The van der Waals surface area contributed by atoms with Crippen molar-refractivity contribution in [1.29, 1.82) is 0 Å². The molecule has 2 heteroatoms. The number of Topliss-reactive ketones (excluding diaryl/α,β-unsaturated/α-hetero) is 1. The van der Waals surface area contributed by atoms with Crippen molar-refractivity contribution in [1.82, 2.24) is 4.90 Å². The van der Waals surface area contributed by atoms with Gasteiger partial charge in [0.05, 0.1) is 5.54 Å². The van der Waals surface area contributed by atoms with Gasteiger partial charge in [-0.25, -0.2) is 0 Å². The smallest absolute Gasteiger partial charge is 0.183 e. The van der Waals surface area contributed by atoms with Gasteiger partial charge in [0.2, 0.25) is 0 Å². The summed E-state index contributed by atoms with van der Waals surface area (Å²) in [4.78, 5) is 16.0. The van der Waals surface area contributed by atoms with Crippen LogP contribution in [0.25, 0.3) is 0 Å². The topological polar surface area (TPSA) is 20.3 Å². The van der Waals surface area contributed by atoms with Crippen LogP contribution in [0.15, 0.2) is 60.2 Å². The highest BCUT2D eigenvalue weighted by molar-refractivity contribution is 6.06. The van der Waals surface area contributed by atoms with Crippen molar-refractivity contribution in [3.8, 4) is 0 Å². The molecule has 2 aliphatic rings. The Morgan fingerprint density at radius 2 is 2.00 bits per heavy atom. The third kappa shape index (κ3) is 3.61. The molecule has 2 nitrogen and oxygen atoms in total. The van der Waals surface area contributed by atoms with Crippen LogP contribution in [0.2, 0.25) is 0 Å². The molecule has 138 valence electrons. The van der Waals surface area contributed by atoms with Crippen LogP contribution in [0.4, 0.5) is 0 Å². The largest absolute Gasteiger partial charge is 0.292 e. The van der Waals surface area contributed by atoms with Gasteiger partial charge < -0.3 is 0 Å². The molecule has 1 fully saturated rings. The third-order valence-electron chi connectivity index (χ3n) is 6.23.